The number of benzene rings is 1. The molecule has 1 nitrogen and oxygen atoms in total. The summed E-state index contributed by atoms with van der Waals surface area (Å²) in [7, 11) is 0. The molecule has 0 spiro atoms. The predicted molar refractivity (Wildman–Crippen MR) is 79.2 cm³/mol. The van der Waals surface area contributed by atoms with Gasteiger partial charge in [-0.25, -0.2) is 4.39 Å². The normalized spacial score (nSPS) is 14.5. The largest absolute Gasteiger partial charge is 0.310 e. The van der Waals surface area contributed by atoms with Crippen molar-refractivity contribution in [3.05, 3.63) is 34.1 Å². The second-order valence-electron chi connectivity index (χ2n) is 4.84. The highest BCUT2D eigenvalue weighted by Crippen LogP contribution is 2.32. The Morgan fingerprint density at radius 3 is 2.61 bits per heavy atom. The van der Waals surface area contributed by atoms with Crippen LogP contribution < -0.4 is 5.32 Å². The molecule has 0 amide bonds. The van der Waals surface area contributed by atoms with Gasteiger partial charge in [-0.3, -0.25) is 0 Å². The molecule has 1 aromatic carbocycles. The number of hydrogen-bond acceptors (Lipinski definition) is 1. The first-order valence-corrected chi connectivity index (χ1v) is 7.58. The van der Waals surface area contributed by atoms with Crippen LogP contribution >= 0.6 is 15.9 Å². The van der Waals surface area contributed by atoms with Crippen molar-refractivity contribution in [2.45, 2.75) is 46.1 Å². The molecule has 102 valence electrons. The van der Waals surface area contributed by atoms with Gasteiger partial charge < -0.3 is 5.32 Å². The Bertz CT molecular complexity index is 368. The minimum atomic E-state index is -0.181. The average molecular weight is 316 g/mol. The molecule has 1 N–H and O–H groups in total. The van der Waals surface area contributed by atoms with E-state index in [9.17, 15) is 4.39 Å². The van der Waals surface area contributed by atoms with E-state index < -0.39 is 0 Å². The highest BCUT2D eigenvalue weighted by molar-refractivity contribution is 9.10. The standard InChI is InChI=1S/C15H23BrFN/c1-4-7-11(3)15(18-10-5-2)12-8-6-9-13(17)14(12)16/h6,8-9,11,15,18H,4-5,7,10H2,1-3H3. The molecule has 1 aromatic rings. The lowest BCUT2D eigenvalue weighted by molar-refractivity contribution is 0.361. The summed E-state index contributed by atoms with van der Waals surface area (Å²) in [4.78, 5) is 0. The lowest BCUT2D eigenvalue weighted by Crippen LogP contribution is -2.28. The summed E-state index contributed by atoms with van der Waals surface area (Å²) in [6.07, 6.45) is 3.38. The van der Waals surface area contributed by atoms with Gasteiger partial charge >= 0.3 is 0 Å². The Morgan fingerprint density at radius 1 is 1.28 bits per heavy atom. The lowest BCUT2D eigenvalue weighted by atomic mass is 9.91. The van der Waals surface area contributed by atoms with Crippen molar-refractivity contribution in [3.8, 4) is 0 Å². The van der Waals surface area contributed by atoms with Gasteiger partial charge in [-0.1, -0.05) is 39.3 Å². The van der Waals surface area contributed by atoms with E-state index in [1.807, 2.05) is 6.07 Å². The molecule has 0 aromatic heterocycles. The maximum atomic E-state index is 13.6. The molecule has 3 heteroatoms. The van der Waals surface area contributed by atoms with Crippen molar-refractivity contribution in [1.82, 2.24) is 5.32 Å². The summed E-state index contributed by atoms with van der Waals surface area (Å²) in [6.45, 7) is 7.53. The third kappa shape index (κ3) is 4.06. The molecule has 18 heavy (non-hydrogen) atoms. The summed E-state index contributed by atoms with van der Waals surface area (Å²) in [5.74, 6) is 0.319. The molecule has 2 unspecified atom stereocenters. The van der Waals surface area contributed by atoms with Crippen LogP contribution in [0.4, 0.5) is 4.39 Å². The average Bonchev–Trinajstić information content (AvgIpc) is 2.35. The first-order chi connectivity index (χ1) is 8.61. The third-order valence-corrected chi connectivity index (χ3v) is 4.08. The van der Waals surface area contributed by atoms with E-state index in [1.54, 1.807) is 6.07 Å². The van der Waals surface area contributed by atoms with Gasteiger partial charge in [-0.2, -0.15) is 0 Å². The second kappa shape index (κ2) is 7.90. The van der Waals surface area contributed by atoms with Crippen LogP contribution in [0.5, 0.6) is 0 Å². The first-order valence-electron chi connectivity index (χ1n) is 6.79. The van der Waals surface area contributed by atoms with Crippen LogP contribution in [0.3, 0.4) is 0 Å². The fourth-order valence-corrected chi connectivity index (χ4v) is 2.81. The Labute approximate surface area is 118 Å². The van der Waals surface area contributed by atoms with Crippen molar-refractivity contribution < 1.29 is 4.39 Å². The van der Waals surface area contributed by atoms with Gasteiger partial charge in [0.05, 0.1) is 4.47 Å². The van der Waals surface area contributed by atoms with Crippen LogP contribution in [0.1, 0.15) is 51.6 Å². The Morgan fingerprint density at radius 2 is 2.00 bits per heavy atom. The van der Waals surface area contributed by atoms with E-state index in [4.69, 9.17) is 0 Å². The predicted octanol–water partition coefficient (Wildman–Crippen LogP) is 5.07. The van der Waals surface area contributed by atoms with Crippen LogP contribution in [0.2, 0.25) is 0 Å². The van der Waals surface area contributed by atoms with E-state index >= 15 is 0 Å². The number of nitrogens with one attached hydrogen (secondary N) is 1. The smallest absolute Gasteiger partial charge is 0.137 e. The fraction of sp³-hybridized carbons (Fsp3) is 0.600. The third-order valence-electron chi connectivity index (χ3n) is 3.24. The molecule has 0 bridgehead atoms. The zero-order valence-electron chi connectivity index (χ0n) is 11.5. The van der Waals surface area contributed by atoms with Crippen LogP contribution in [0.15, 0.2) is 22.7 Å². The molecule has 2 atom stereocenters. The van der Waals surface area contributed by atoms with E-state index in [1.165, 1.54) is 6.07 Å². The van der Waals surface area contributed by atoms with E-state index in [0.717, 1.165) is 31.4 Å². The van der Waals surface area contributed by atoms with Crippen molar-refractivity contribution in [2.24, 2.45) is 5.92 Å². The van der Waals surface area contributed by atoms with Crippen molar-refractivity contribution in [2.75, 3.05) is 6.54 Å². The molecular formula is C15H23BrFN. The van der Waals surface area contributed by atoms with Crippen LogP contribution in [0, 0.1) is 11.7 Å². The maximum Gasteiger partial charge on any atom is 0.137 e. The summed E-state index contributed by atoms with van der Waals surface area (Å²) >= 11 is 3.38. The highest BCUT2D eigenvalue weighted by Gasteiger charge is 2.21. The van der Waals surface area contributed by atoms with Gasteiger partial charge in [-0.05, 0) is 52.9 Å². The van der Waals surface area contributed by atoms with Crippen molar-refractivity contribution >= 4 is 15.9 Å². The SMILES string of the molecule is CCCNC(c1cccc(F)c1Br)C(C)CCC. The minimum absolute atomic E-state index is 0.181. The molecule has 0 heterocycles. The van der Waals surface area contributed by atoms with Gasteiger partial charge in [-0.15, -0.1) is 0 Å². The van der Waals surface area contributed by atoms with Gasteiger partial charge in [0.25, 0.3) is 0 Å². The number of halogens is 2. The Hall–Kier alpha value is -0.410. The zero-order chi connectivity index (χ0) is 13.5. The van der Waals surface area contributed by atoms with Crippen LogP contribution in [-0.4, -0.2) is 6.54 Å². The quantitative estimate of drug-likeness (QED) is 0.741. The van der Waals surface area contributed by atoms with E-state index in [0.29, 0.717) is 10.4 Å². The molecule has 0 radical (unpaired) electrons. The molecule has 1 rings (SSSR count). The molecule has 0 saturated heterocycles. The van der Waals surface area contributed by atoms with Gasteiger partial charge in [0.2, 0.25) is 0 Å². The zero-order valence-corrected chi connectivity index (χ0v) is 13.1. The summed E-state index contributed by atoms with van der Waals surface area (Å²) < 4.78 is 14.2. The molecular weight excluding hydrogens is 293 g/mol. The second-order valence-corrected chi connectivity index (χ2v) is 5.63. The molecule has 0 aliphatic heterocycles. The lowest BCUT2D eigenvalue weighted by Gasteiger charge is -2.26. The topological polar surface area (TPSA) is 12.0 Å². The van der Waals surface area contributed by atoms with Gasteiger partial charge in [0.15, 0.2) is 0 Å². The minimum Gasteiger partial charge on any atom is -0.310 e. The maximum absolute atomic E-state index is 13.6. The Kier molecular flexibility index (Phi) is 6.87. The molecule has 0 fully saturated rings. The van der Waals surface area contributed by atoms with Gasteiger partial charge in [0.1, 0.15) is 5.82 Å². The molecule has 0 aliphatic rings. The van der Waals surface area contributed by atoms with Crippen LogP contribution in [0.25, 0.3) is 0 Å². The Balaban J connectivity index is 2.97. The summed E-state index contributed by atoms with van der Waals surface area (Å²) in [5.41, 5.74) is 1.03. The summed E-state index contributed by atoms with van der Waals surface area (Å²) in [5, 5.41) is 3.54. The van der Waals surface area contributed by atoms with Crippen LogP contribution in [-0.2, 0) is 0 Å². The first kappa shape index (κ1) is 15.6. The van der Waals surface area contributed by atoms with E-state index in [2.05, 4.69) is 42.0 Å². The number of hydrogen-bond donors (Lipinski definition) is 1. The summed E-state index contributed by atoms with van der Waals surface area (Å²) in [6, 6.07) is 5.51. The van der Waals surface area contributed by atoms with Gasteiger partial charge in [0, 0.05) is 6.04 Å². The van der Waals surface area contributed by atoms with E-state index in [-0.39, 0.29) is 11.9 Å². The fourth-order valence-electron chi connectivity index (χ4n) is 2.30. The number of rotatable bonds is 7. The molecule has 0 aliphatic carbocycles. The van der Waals surface area contributed by atoms with Crippen molar-refractivity contribution in [3.63, 3.8) is 0 Å². The monoisotopic (exact) mass is 315 g/mol. The highest BCUT2D eigenvalue weighted by atomic mass is 79.9. The molecule has 0 saturated carbocycles. The van der Waals surface area contributed by atoms with Crippen molar-refractivity contribution in [1.29, 1.82) is 0 Å².